The number of likely N-dealkylation sites (tertiary alicyclic amines) is 1. The SMILES string of the molecule is O=C(C1CC=CC1)N1CCC(c2n[nH]c3c2COCC3)C1. The van der Waals surface area contributed by atoms with Gasteiger partial charge in [0.05, 0.1) is 18.9 Å². The van der Waals surface area contributed by atoms with Crippen LogP contribution in [-0.4, -0.2) is 40.7 Å². The quantitative estimate of drug-likeness (QED) is 0.843. The van der Waals surface area contributed by atoms with Crippen LogP contribution in [0.2, 0.25) is 0 Å². The fraction of sp³-hybridized carbons (Fsp3) is 0.625. The second-order valence-corrected chi connectivity index (χ2v) is 6.28. The summed E-state index contributed by atoms with van der Waals surface area (Å²) in [6.07, 6.45) is 8.00. The summed E-state index contributed by atoms with van der Waals surface area (Å²) >= 11 is 0. The average Bonchev–Trinajstić information content (AvgIpc) is 3.25. The number of aromatic nitrogens is 2. The van der Waals surface area contributed by atoms with E-state index in [1.165, 1.54) is 11.3 Å². The molecule has 5 heteroatoms. The maximum Gasteiger partial charge on any atom is 0.226 e. The van der Waals surface area contributed by atoms with Crippen LogP contribution < -0.4 is 0 Å². The number of hydrogen-bond acceptors (Lipinski definition) is 3. The molecule has 4 rings (SSSR count). The Balaban J connectivity index is 1.46. The largest absolute Gasteiger partial charge is 0.376 e. The third-order valence-corrected chi connectivity index (χ3v) is 4.97. The van der Waals surface area contributed by atoms with Gasteiger partial charge in [-0.2, -0.15) is 5.10 Å². The number of fused-ring (bicyclic) bond motifs is 1. The van der Waals surface area contributed by atoms with Gasteiger partial charge in [0.2, 0.25) is 5.91 Å². The number of aromatic amines is 1. The molecule has 3 heterocycles. The molecular formula is C16H21N3O2. The highest BCUT2D eigenvalue weighted by atomic mass is 16.5. The lowest BCUT2D eigenvalue weighted by Gasteiger charge is -2.20. The molecule has 1 aliphatic carbocycles. The minimum Gasteiger partial charge on any atom is -0.376 e. The Kier molecular flexibility index (Phi) is 3.30. The predicted molar refractivity (Wildman–Crippen MR) is 77.7 cm³/mol. The van der Waals surface area contributed by atoms with Crippen molar-refractivity contribution in [1.82, 2.24) is 15.1 Å². The van der Waals surface area contributed by atoms with E-state index in [9.17, 15) is 4.79 Å². The highest BCUT2D eigenvalue weighted by molar-refractivity contribution is 5.80. The fourth-order valence-corrected chi connectivity index (χ4v) is 3.73. The summed E-state index contributed by atoms with van der Waals surface area (Å²) in [5.41, 5.74) is 3.59. The highest BCUT2D eigenvalue weighted by Crippen LogP contribution is 2.33. The topological polar surface area (TPSA) is 58.2 Å². The summed E-state index contributed by atoms with van der Waals surface area (Å²) in [7, 11) is 0. The van der Waals surface area contributed by atoms with Crippen molar-refractivity contribution in [3.05, 3.63) is 29.1 Å². The molecule has 1 unspecified atom stereocenters. The van der Waals surface area contributed by atoms with Crippen LogP contribution in [0.5, 0.6) is 0 Å². The van der Waals surface area contributed by atoms with Crippen LogP contribution >= 0.6 is 0 Å². The van der Waals surface area contributed by atoms with Crippen LogP contribution in [0.3, 0.4) is 0 Å². The smallest absolute Gasteiger partial charge is 0.226 e. The summed E-state index contributed by atoms with van der Waals surface area (Å²) in [5.74, 6) is 0.869. The summed E-state index contributed by atoms with van der Waals surface area (Å²) in [6.45, 7) is 3.12. The lowest BCUT2D eigenvalue weighted by Crippen LogP contribution is -2.33. The van der Waals surface area contributed by atoms with Crippen molar-refractivity contribution in [2.75, 3.05) is 19.7 Å². The number of nitrogens with one attached hydrogen (secondary N) is 1. The first kappa shape index (κ1) is 13.1. The number of ether oxygens (including phenoxy) is 1. The van der Waals surface area contributed by atoms with Crippen molar-refractivity contribution in [2.24, 2.45) is 5.92 Å². The Bertz CT molecular complexity index is 570. The van der Waals surface area contributed by atoms with Crippen LogP contribution in [0, 0.1) is 5.92 Å². The average molecular weight is 287 g/mol. The molecule has 0 saturated carbocycles. The van der Waals surface area contributed by atoms with E-state index in [0.717, 1.165) is 51.1 Å². The van der Waals surface area contributed by atoms with Crippen LogP contribution in [0.25, 0.3) is 0 Å². The number of amides is 1. The summed E-state index contributed by atoms with van der Waals surface area (Å²) in [4.78, 5) is 14.5. The maximum absolute atomic E-state index is 12.5. The van der Waals surface area contributed by atoms with Crippen molar-refractivity contribution in [2.45, 2.75) is 38.2 Å². The Labute approximate surface area is 124 Å². The van der Waals surface area contributed by atoms with E-state index < -0.39 is 0 Å². The molecular weight excluding hydrogens is 266 g/mol. The number of carbonyl (C=O) groups excluding carboxylic acids is 1. The Morgan fingerprint density at radius 1 is 1.38 bits per heavy atom. The number of H-pyrrole nitrogens is 1. The second kappa shape index (κ2) is 5.30. The van der Waals surface area contributed by atoms with Gasteiger partial charge >= 0.3 is 0 Å². The predicted octanol–water partition coefficient (Wildman–Crippen LogP) is 1.76. The zero-order valence-electron chi connectivity index (χ0n) is 12.2. The third kappa shape index (κ3) is 2.29. The van der Waals surface area contributed by atoms with Crippen LogP contribution in [-0.2, 0) is 22.6 Å². The molecule has 112 valence electrons. The molecule has 1 saturated heterocycles. The zero-order chi connectivity index (χ0) is 14.2. The van der Waals surface area contributed by atoms with E-state index in [0.29, 0.717) is 18.4 Å². The first-order valence-electron chi connectivity index (χ1n) is 7.90. The first-order chi connectivity index (χ1) is 10.3. The van der Waals surface area contributed by atoms with Gasteiger partial charge in [-0.1, -0.05) is 12.2 Å². The molecule has 2 aliphatic heterocycles. The molecule has 1 N–H and O–H groups in total. The van der Waals surface area contributed by atoms with E-state index in [-0.39, 0.29) is 5.92 Å². The molecule has 5 nitrogen and oxygen atoms in total. The minimum absolute atomic E-state index is 0.181. The van der Waals surface area contributed by atoms with E-state index in [1.807, 2.05) is 4.90 Å². The zero-order valence-corrected chi connectivity index (χ0v) is 12.2. The normalized spacial score (nSPS) is 25.5. The summed E-state index contributed by atoms with van der Waals surface area (Å²) < 4.78 is 5.56. The van der Waals surface area contributed by atoms with Gasteiger partial charge in [0.15, 0.2) is 0 Å². The monoisotopic (exact) mass is 287 g/mol. The van der Waals surface area contributed by atoms with Crippen molar-refractivity contribution < 1.29 is 9.53 Å². The molecule has 1 atom stereocenters. The number of rotatable bonds is 2. The first-order valence-corrected chi connectivity index (χ1v) is 7.90. The molecule has 0 spiro atoms. The van der Waals surface area contributed by atoms with Crippen molar-refractivity contribution in [3.63, 3.8) is 0 Å². The van der Waals surface area contributed by atoms with Gasteiger partial charge in [-0.3, -0.25) is 9.89 Å². The van der Waals surface area contributed by atoms with Gasteiger partial charge in [0.1, 0.15) is 0 Å². The number of allylic oxidation sites excluding steroid dienone is 2. The van der Waals surface area contributed by atoms with Gasteiger partial charge in [-0.25, -0.2) is 0 Å². The molecule has 0 aromatic carbocycles. The fourth-order valence-electron chi connectivity index (χ4n) is 3.73. The lowest BCUT2D eigenvalue weighted by atomic mass is 9.98. The molecule has 0 bridgehead atoms. The number of hydrogen-bond donors (Lipinski definition) is 1. The van der Waals surface area contributed by atoms with Gasteiger partial charge in [-0.15, -0.1) is 0 Å². The van der Waals surface area contributed by atoms with E-state index in [2.05, 4.69) is 22.3 Å². The summed E-state index contributed by atoms with van der Waals surface area (Å²) in [5, 5.41) is 7.67. The summed E-state index contributed by atoms with van der Waals surface area (Å²) in [6, 6.07) is 0. The number of carbonyl (C=O) groups is 1. The third-order valence-electron chi connectivity index (χ3n) is 4.97. The van der Waals surface area contributed by atoms with Crippen LogP contribution in [0.1, 0.15) is 42.1 Å². The lowest BCUT2D eigenvalue weighted by molar-refractivity contribution is -0.134. The van der Waals surface area contributed by atoms with Gasteiger partial charge in [0, 0.05) is 42.6 Å². The van der Waals surface area contributed by atoms with Gasteiger partial charge in [-0.05, 0) is 19.3 Å². The van der Waals surface area contributed by atoms with Crippen molar-refractivity contribution >= 4 is 5.91 Å². The molecule has 1 fully saturated rings. The van der Waals surface area contributed by atoms with Crippen LogP contribution in [0.4, 0.5) is 0 Å². The number of nitrogens with zero attached hydrogens (tertiary/aromatic N) is 2. The molecule has 1 amide bonds. The Morgan fingerprint density at radius 3 is 3.10 bits per heavy atom. The highest BCUT2D eigenvalue weighted by Gasteiger charge is 2.34. The maximum atomic E-state index is 12.5. The molecule has 3 aliphatic rings. The Morgan fingerprint density at radius 2 is 2.24 bits per heavy atom. The molecule has 0 radical (unpaired) electrons. The molecule has 1 aromatic heterocycles. The van der Waals surface area contributed by atoms with Gasteiger partial charge in [0.25, 0.3) is 0 Å². The molecule has 1 aromatic rings. The van der Waals surface area contributed by atoms with Crippen molar-refractivity contribution in [3.8, 4) is 0 Å². The minimum atomic E-state index is 0.181. The van der Waals surface area contributed by atoms with E-state index >= 15 is 0 Å². The van der Waals surface area contributed by atoms with Crippen molar-refractivity contribution in [1.29, 1.82) is 0 Å². The second-order valence-electron chi connectivity index (χ2n) is 6.28. The molecule has 21 heavy (non-hydrogen) atoms. The van der Waals surface area contributed by atoms with E-state index in [4.69, 9.17) is 4.74 Å². The van der Waals surface area contributed by atoms with Gasteiger partial charge < -0.3 is 9.64 Å². The van der Waals surface area contributed by atoms with E-state index in [1.54, 1.807) is 0 Å². The standard InChI is InChI=1S/C16H21N3O2/c20-16(11-3-1-2-4-11)19-7-5-12(9-19)15-13-10-21-8-6-14(13)17-18-15/h1-2,11-12H,3-10H2,(H,17,18). The Hall–Kier alpha value is -1.62. The van der Waals surface area contributed by atoms with Crippen LogP contribution in [0.15, 0.2) is 12.2 Å².